The van der Waals surface area contributed by atoms with Crippen LogP contribution >= 0.6 is 0 Å². The summed E-state index contributed by atoms with van der Waals surface area (Å²) in [6.07, 6.45) is 4.14. The average molecular weight is 426 g/mol. The highest BCUT2D eigenvalue weighted by Gasteiger charge is 2.23. The molecular weight excluding hydrogens is 390 g/mol. The number of rotatable bonds is 11. The maximum atomic E-state index is 13.6. The third-order valence-electron chi connectivity index (χ3n) is 5.39. The Morgan fingerprint density at radius 2 is 1.74 bits per heavy atom. The van der Waals surface area contributed by atoms with Crippen LogP contribution in [0.3, 0.4) is 0 Å². The summed E-state index contributed by atoms with van der Waals surface area (Å²) in [6.45, 7) is 9.50. The lowest BCUT2D eigenvalue weighted by Gasteiger charge is -2.32. The molecule has 0 saturated heterocycles. The zero-order valence-electron chi connectivity index (χ0n) is 18.9. The first-order valence-corrected chi connectivity index (χ1v) is 10.9. The van der Waals surface area contributed by atoms with Gasteiger partial charge in [0.05, 0.1) is 0 Å². The molecule has 0 aromatic heterocycles. The summed E-state index contributed by atoms with van der Waals surface area (Å²) in [4.78, 5) is 17.3. The number of hydrogen-bond donors (Lipinski definition) is 3. The molecule has 0 aliphatic carbocycles. The van der Waals surface area contributed by atoms with Gasteiger partial charge < -0.3 is 20.8 Å². The predicted molar refractivity (Wildman–Crippen MR) is 126 cm³/mol. The SMILES string of the molecule is C=C(N(C)CCC)N(CCc1ccc(O)cc1O)C(=O)c1ccc(N)cc1CCCC. The Bertz CT molecular complexity index is 911. The van der Waals surface area contributed by atoms with E-state index in [0.29, 0.717) is 35.6 Å². The van der Waals surface area contributed by atoms with Crippen molar-refractivity contribution in [3.63, 3.8) is 0 Å². The number of anilines is 1. The summed E-state index contributed by atoms with van der Waals surface area (Å²) >= 11 is 0. The van der Waals surface area contributed by atoms with Gasteiger partial charge in [0.2, 0.25) is 0 Å². The Hall–Kier alpha value is -3.15. The standard InChI is InChI=1S/C25H35N3O3/c1-5-7-8-20-16-21(26)10-12-23(20)25(31)28(18(3)27(4)14-6-2)15-13-19-9-11-22(29)17-24(19)30/h9-12,16-17,29-30H,3,5-8,13-15,26H2,1-2,4H3. The number of nitrogens with zero attached hydrogens (tertiary/aromatic N) is 2. The Balaban J connectivity index is 2.35. The van der Waals surface area contributed by atoms with Gasteiger partial charge in [0.25, 0.3) is 5.91 Å². The van der Waals surface area contributed by atoms with Gasteiger partial charge in [0, 0.05) is 37.5 Å². The largest absolute Gasteiger partial charge is 0.508 e. The van der Waals surface area contributed by atoms with Crippen LogP contribution in [0.25, 0.3) is 0 Å². The quantitative estimate of drug-likeness (QED) is 0.461. The minimum Gasteiger partial charge on any atom is -0.508 e. The van der Waals surface area contributed by atoms with Gasteiger partial charge in [0.1, 0.15) is 17.3 Å². The maximum absolute atomic E-state index is 13.6. The average Bonchev–Trinajstić information content (AvgIpc) is 2.73. The first kappa shape index (κ1) is 24.1. The van der Waals surface area contributed by atoms with Crippen LogP contribution in [0.2, 0.25) is 0 Å². The molecule has 0 aliphatic heterocycles. The molecule has 0 unspecified atom stereocenters. The van der Waals surface area contributed by atoms with E-state index in [9.17, 15) is 15.0 Å². The number of phenols is 2. The lowest BCUT2D eigenvalue weighted by molar-refractivity contribution is 0.0760. The highest BCUT2D eigenvalue weighted by atomic mass is 16.3. The van der Waals surface area contributed by atoms with E-state index in [0.717, 1.165) is 37.8 Å². The molecule has 0 spiro atoms. The highest BCUT2D eigenvalue weighted by molar-refractivity contribution is 5.97. The van der Waals surface area contributed by atoms with Gasteiger partial charge in [-0.05, 0) is 61.1 Å². The van der Waals surface area contributed by atoms with Crippen LogP contribution in [0, 0.1) is 0 Å². The number of nitrogen functional groups attached to an aromatic ring is 1. The minimum absolute atomic E-state index is 0.00344. The predicted octanol–water partition coefficient (Wildman–Crippen LogP) is 4.52. The first-order valence-electron chi connectivity index (χ1n) is 10.9. The Kier molecular flexibility index (Phi) is 8.79. The van der Waals surface area contributed by atoms with Crippen LogP contribution in [-0.4, -0.2) is 46.1 Å². The molecule has 2 aromatic rings. The van der Waals surface area contributed by atoms with E-state index in [1.165, 1.54) is 12.1 Å². The number of unbranched alkanes of at least 4 members (excludes halogenated alkanes) is 1. The fourth-order valence-electron chi connectivity index (χ4n) is 3.56. The van der Waals surface area contributed by atoms with E-state index >= 15 is 0 Å². The van der Waals surface area contributed by atoms with Crippen molar-refractivity contribution in [1.29, 1.82) is 0 Å². The summed E-state index contributed by atoms with van der Waals surface area (Å²) in [6, 6.07) is 9.93. The Morgan fingerprint density at radius 3 is 2.39 bits per heavy atom. The number of nitrogens with two attached hydrogens (primary N) is 1. The molecule has 1 amide bonds. The van der Waals surface area contributed by atoms with Crippen molar-refractivity contribution in [3.8, 4) is 11.5 Å². The van der Waals surface area contributed by atoms with E-state index in [-0.39, 0.29) is 17.4 Å². The molecule has 4 N–H and O–H groups in total. The molecule has 6 nitrogen and oxygen atoms in total. The summed E-state index contributed by atoms with van der Waals surface area (Å²) in [5, 5.41) is 19.7. The number of aromatic hydroxyl groups is 2. The Labute approximate surface area is 185 Å². The van der Waals surface area contributed by atoms with Gasteiger partial charge in [-0.25, -0.2) is 0 Å². The number of carbonyl (C=O) groups excluding carboxylic acids is 1. The van der Waals surface area contributed by atoms with Gasteiger partial charge >= 0.3 is 0 Å². The van der Waals surface area contributed by atoms with Crippen molar-refractivity contribution in [3.05, 3.63) is 65.5 Å². The number of benzene rings is 2. The van der Waals surface area contributed by atoms with E-state index in [1.54, 1.807) is 23.1 Å². The van der Waals surface area contributed by atoms with Crippen LogP contribution in [0.1, 0.15) is 54.6 Å². The normalized spacial score (nSPS) is 10.7. The third-order valence-corrected chi connectivity index (χ3v) is 5.39. The first-order chi connectivity index (χ1) is 14.8. The number of carbonyl (C=O) groups is 1. The molecule has 0 atom stereocenters. The molecule has 31 heavy (non-hydrogen) atoms. The van der Waals surface area contributed by atoms with Gasteiger partial charge in [-0.1, -0.05) is 32.9 Å². The second-order valence-electron chi connectivity index (χ2n) is 7.88. The van der Waals surface area contributed by atoms with Gasteiger partial charge in [-0.15, -0.1) is 0 Å². The second kappa shape index (κ2) is 11.3. The highest BCUT2D eigenvalue weighted by Crippen LogP contribution is 2.25. The smallest absolute Gasteiger partial charge is 0.259 e. The molecule has 0 saturated carbocycles. The molecule has 0 aliphatic rings. The lowest BCUT2D eigenvalue weighted by atomic mass is 10.00. The van der Waals surface area contributed by atoms with E-state index < -0.39 is 0 Å². The van der Waals surface area contributed by atoms with Crippen LogP contribution in [0.15, 0.2) is 48.8 Å². The Morgan fingerprint density at radius 1 is 1.00 bits per heavy atom. The zero-order chi connectivity index (χ0) is 23.0. The van der Waals surface area contributed by atoms with Crippen LogP contribution < -0.4 is 5.73 Å². The van der Waals surface area contributed by atoms with E-state index in [1.807, 2.05) is 18.0 Å². The summed E-state index contributed by atoms with van der Waals surface area (Å²) in [5.74, 6) is 0.500. The second-order valence-corrected chi connectivity index (χ2v) is 7.88. The minimum atomic E-state index is -0.127. The van der Waals surface area contributed by atoms with Crippen LogP contribution in [0.5, 0.6) is 11.5 Å². The monoisotopic (exact) mass is 425 g/mol. The molecule has 168 valence electrons. The summed E-state index contributed by atoms with van der Waals surface area (Å²) in [7, 11) is 1.92. The lowest BCUT2D eigenvalue weighted by Crippen LogP contribution is -2.39. The summed E-state index contributed by atoms with van der Waals surface area (Å²) in [5.41, 5.74) is 8.86. The van der Waals surface area contributed by atoms with Crippen molar-refractivity contribution in [1.82, 2.24) is 9.80 Å². The summed E-state index contributed by atoms with van der Waals surface area (Å²) < 4.78 is 0. The molecular formula is C25H35N3O3. The molecule has 2 aromatic carbocycles. The van der Waals surface area contributed by atoms with Crippen LogP contribution in [-0.2, 0) is 12.8 Å². The van der Waals surface area contributed by atoms with E-state index in [2.05, 4.69) is 20.4 Å². The third kappa shape index (κ3) is 6.41. The molecule has 2 rings (SSSR count). The number of phenolic OH excluding ortho intramolecular Hbond substituents is 2. The molecule has 6 heteroatoms. The molecule has 0 heterocycles. The molecule has 0 fully saturated rings. The van der Waals surface area contributed by atoms with Crippen molar-refractivity contribution in [2.24, 2.45) is 0 Å². The van der Waals surface area contributed by atoms with E-state index in [4.69, 9.17) is 5.73 Å². The van der Waals surface area contributed by atoms with Crippen molar-refractivity contribution in [2.75, 3.05) is 25.9 Å². The number of amides is 1. The van der Waals surface area contributed by atoms with Crippen molar-refractivity contribution >= 4 is 11.6 Å². The fraction of sp³-hybridized carbons (Fsp3) is 0.400. The molecule has 0 bridgehead atoms. The van der Waals surface area contributed by atoms with Crippen LogP contribution in [0.4, 0.5) is 5.69 Å². The maximum Gasteiger partial charge on any atom is 0.259 e. The molecule has 0 radical (unpaired) electrons. The number of aryl methyl sites for hydroxylation is 1. The fourth-order valence-corrected chi connectivity index (χ4v) is 3.56. The van der Waals surface area contributed by atoms with Gasteiger partial charge in [-0.2, -0.15) is 0 Å². The topological polar surface area (TPSA) is 90.0 Å². The van der Waals surface area contributed by atoms with Gasteiger partial charge in [0.15, 0.2) is 0 Å². The zero-order valence-corrected chi connectivity index (χ0v) is 18.9. The van der Waals surface area contributed by atoms with Crippen molar-refractivity contribution < 1.29 is 15.0 Å². The van der Waals surface area contributed by atoms with Crippen molar-refractivity contribution in [2.45, 2.75) is 46.0 Å². The number of hydrogen-bond acceptors (Lipinski definition) is 5. The van der Waals surface area contributed by atoms with Gasteiger partial charge in [-0.3, -0.25) is 9.69 Å².